The van der Waals surface area contributed by atoms with E-state index in [-0.39, 0.29) is 0 Å². The van der Waals surface area contributed by atoms with Crippen LogP contribution in [0.5, 0.6) is 0 Å². The molecule has 0 bridgehead atoms. The topological polar surface area (TPSA) is 72.2 Å². The Bertz CT molecular complexity index is 328. The van der Waals surface area contributed by atoms with Crippen LogP contribution in [0.2, 0.25) is 0 Å². The molecule has 0 aromatic heterocycles. The average molecular weight is 230 g/mol. The first-order valence-electron chi connectivity index (χ1n) is 4.52. The van der Waals surface area contributed by atoms with Gasteiger partial charge in [0.15, 0.2) is 0 Å². The van der Waals surface area contributed by atoms with E-state index in [1.165, 1.54) is 0 Å². The van der Waals surface area contributed by atoms with E-state index < -0.39 is 15.7 Å². The second kappa shape index (κ2) is 5.85. The molecule has 0 unspecified atom stereocenters. The van der Waals surface area contributed by atoms with E-state index in [0.29, 0.717) is 0 Å². The molecule has 0 fully saturated rings. The smallest absolute Gasteiger partial charge is 0.216 e. The zero-order valence-corrected chi connectivity index (χ0v) is 10.1. The summed E-state index contributed by atoms with van der Waals surface area (Å²) in [5.41, 5.74) is -0.479. The molecule has 0 saturated heterocycles. The molecule has 0 aliphatic heterocycles. The van der Waals surface area contributed by atoms with Crippen LogP contribution >= 0.6 is 0 Å². The van der Waals surface area contributed by atoms with Crippen LogP contribution in [0.15, 0.2) is 36.4 Å². The van der Waals surface area contributed by atoms with Gasteiger partial charge in [0.1, 0.15) is 0 Å². The van der Waals surface area contributed by atoms with E-state index in [2.05, 4.69) is 9.86 Å². The van der Waals surface area contributed by atoms with Gasteiger partial charge in [-0.2, -0.15) is 13.1 Å². The first-order chi connectivity index (χ1) is 6.71. The van der Waals surface area contributed by atoms with E-state index in [1.807, 2.05) is 36.4 Å². The Labute approximate surface area is 91.7 Å². The highest BCUT2D eigenvalue weighted by Gasteiger charge is 2.14. The Morgan fingerprint density at radius 2 is 1.20 bits per heavy atom. The molecule has 5 heteroatoms. The highest BCUT2D eigenvalue weighted by molar-refractivity contribution is 7.87. The third-order valence-electron chi connectivity index (χ3n) is 1.12. The lowest BCUT2D eigenvalue weighted by Crippen LogP contribution is -2.44. The molecule has 0 radical (unpaired) electrons. The minimum atomic E-state index is -3.53. The van der Waals surface area contributed by atoms with Crippen molar-refractivity contribution in [2.45, 2.75) is 26.3 Å². The van der Waals surface area contributed by atoms with Gasteiger partial charge in [0, 0.05) is 5.54 Å². The Morgan fingerprint density at radius 3 is 1.27 bits per heavy atom. The summed E-state index contributed by atoms with van der Waals surface area (Å²) >= 11 is 0. The van der Waals surface area contributed by atoms with Gasteiger partial charge in [0.25, 0.3) is 10.2 Å². The fraction of sp³-hybridized carbons (Fsp3) is 0.400. The maximum Gasteiger partial charge on any atom is 0.274 e. The van der Waals surface area contributed by atoms with Crippen LogP contribution in [0, 0.1) is 0 Å². The lowest BCUT2D eigenvalue weighted by molar-refractivity contribution is 0.492. The molecule has 15 heavy (non-hydrogen) atoms. The Morgan fingerprint density at radius 1 is 0.933 bits per heavy atom. The van der Waals surface area contributed by atoms with E-state index in [4.69, 9.17) is 0 Å². The predicted octanol–water partition coefficient (Wildman–Crippen LogP) is 1.26. The van der Waals surface area contributed by atoms with Gasteiger partial charge in [-0.1, -0.05) is 36.4 Å². The molecule has 1 rings (SSSR count). The lowest BCUT2D eigenvalue weighted by atomic mass is 10.1. The van der Waals surface area contributed by atoms with Crippen molar-refractivity contribution in [2.24, 2.45) is 5.14 Å². The Hall–Kier alpha value is -0.910. The number of hydrogen-bond donors (Lipinski definition) is 2. The van der Waals surface area contributed by atoms with E-state index in [1.54, 1.807) is 20.8 Å². The Kier molecular flexibility index (Phi) is 5.49. The molecule has 0 heterocycles. The van der Waals surface area contributed by atoms with Crippen molar-refractivity contribution < 1.29 is 8.42 Å². The van der Waals surface area contributed by atoms with Crippen LogP contribution in [0.25, 0.3) is 0 Å². The first kappa shape index (κ1) is 14.1. The van der Waals surface area contributed by atoms with Crippen LogP contribution in [0.4, 0.5) is 0 Å². The van der Waals surface area contributed by atoms with Gasteiger partial charge >= 0.3 is 0 Å². The van der Waals surface area contributed by atoms with Gasteiger partial charge in [0.05, 0.1) is 0 Å². The predicted molar refractivity (Wildman–Crippen MR) is 62.4 cm³/mol. The number of nitrogens with one attached hydrogen (secondary N) is 1. The molecule has 0 aliphatic rings. The van der Waals surface area contributed by atoms with Crippen molar-refractivity contribution in [3.8, 4) is 0 Å². The van der Waals surface area contributed by atoms with Gasteiger partial charge in [-0.3, -0.25) is 0 Å². The van der Waals surface area contributed by atoms with Crippen LogP contribution in [0.3, 0.4) is 0 Å². The number of nitrogens with two attached hydrogens (primary N) is 1. The van der Waals surface area contributed by atoms with Gasteiger partial charge < -0.3 is 0 Å². The number of hydrogen-bond acceptors (Lipinski definition) is 2. The highest BCUT2D eigenvalue weighted by atomic mass is 32.2. The van der Waals surface area contributed by atoms with Crippen LogP contribution < -0.4 is 9.86 Å². The monoisotopic (exact) mass is 230 g/mol. The summed E-state index contributed by atoms with van der Waals surface area (Å²) < 4.78 is 22.8. The van der Waals surface area contributed by atoms with E-state index >= 15 is 0 Å². The molecule has 4 nitrogen and oxygen atoms in total. The van der Waals surface area contributed by atoms with Crippen molar-refractivity contribution in [3.05, 3.63) is 36.4 Å². The van der Waals surface area contributed by atoms with Crippen molar-refractivity contribution in [2.75, 3.05) is 0 Å². The van der Waals surface area contributed by atoms with E-state index in [0.717, 1.165) is 0 Å². The molecule has 0 spiro atoms. The molecule has 0 saturated carbocycles. The molecule has 1 aromatic carbocycles. The third kappa shape index (κ3) is 13.1. The van der Waals surface area contributed by atoms with E-state index in [9.17, 15) is 8.42 Å². The van der Waals surface area contributed by atoms with Crippen molar-refractivity contribution in [1.82, 2.24) is 4.72 Å². The zero-order chi connectivity index (χ0) is 11.9. The van der Waals surface area contributed by atoms with Crippen molar-refractivity contribution in [1.29, 1.82) is 0 Å². The molecular weight excluding hydrogens is 212 g/mol. The van der Waals surface area contributed by atoms with Crippen molar-refractivity contribution in [3.63, 3.8) is 0 Å². The SMILES string of the molecule is CC(C)(C)NS(N)(=O)=O.c1ccccc1. The van der Waals surface area contributed by atoms with Crippen LogP contribution in [-0.4, -0.2) is 14.0 Å². The summed E-state index contributed by atoms with van der Waals surface area (Å²) in [5, 5.41) is 4.68. The van der Waals surface area contributed by atoms with Gasteiger partial charge in [-0.25, -0.2) is 5.14 Å². The molecular formula is C10H18N2O2S. The number of benzene rings is 1. The lowest BCUT2D eigenvalue weighted by Gasteiger charge is -2.17. The largest absolute Gasteiger partial charge is 0.274 e. The second-order valence-corrected chi connectivity index (χ2v) is 5.35. The summed E-state index contributed by atoms with van der Waals surface area (Å²) in [6, 6.07) is 12.0. The van der Waals surface area contributed by atoms with Gasteiger partial charge in [0.2, 0.25) is 0 Å². The summed E-state index contributed by atoms with van der Waals surface area (Å²) in [5.74, 6) is 0. The fourth-order valence-electron chi connectivity index (χ4n) is 0.812. The number of rotatable bonds is 1. The van der Waals surface area contributed by atoms with Gasteiger partial charge in [-0.05, 0) is 20.8 Å². The third-order valence-corrected chi connectivity index (χ3v) is 2.01. The van der Waals surface area contributed by atoms with Crippen LogP contribution in [-0.2, 0) is 10.2 Å². The van der Waals surface area contributed by atoms with Crippen LogP contribution in [0.1, 0.15) is 20.8 Å². The highest BCUT2D eigenvalue weighted by Crippen LogP contribution is 1.98. The Balaban J connectivity index is 0.000000280. The molecule has 1 aromatic rings. The van der Waals surface area contributed by atoms with Crippen molar-refractivity contribution >= 4 is 10.2 Å². The minimum absolute atomic E-state index is 0.479. The molecule has 0 aliphatic carbocycles. The summed E-state index contributed by atoms with van der Waals surface area (Å²) in [7, 11) is -3.53. The maximum atomic E-state index is 10.3. The molecule has 3 N–H and O–H groups in total. The quantitative estimate of drug-likeness (QED) is 0.762. The maximum absolute atomic E-state index is 10.3. The normalized spacial score (nSPS) is 11.5. The summed E-state index contributed by atoms with van der Waals surface area (Å²) in [6.45, 7) is 5.16. The average Bonchev–Trinajstić information content (AvgIpc) is 2.01. The molecule has 0 atom stereocenters. The summed E-state index contributed by atoms with van der Waals surface area (Å²) in [6.07, 6.45) is 0. The minimum Gasteiger partial charge on any atom is -0.216 e. The summed E-state index contributed by atoms with van der Waals surface area (Å²) in [4.78, 5) is 0. The standard InChI is InChI=1S/C6H6.C4H12N2O2S/c1-2-4-6-5-3-1;1-4(2,3)6-9(5,7)8/h1-6H;6H,1-3H3,(H2,5,7,8). The zero-order valence-electron chi connectivity index (χ0n) is 9.27. The fourth-order valence-corrected chi connectivity index (χ4v) is 1.67. The molecule has 86 valence electrons. The first-order valence-corrected chi connectivity index (χ1v) is 6.07. The second-order valence-electron chi connectivity index (χ2n) is 4.05. The van der Waals surface area contributed by atoms with Gasteiger partial charge in [-0.15, -0.1) is 0 Å². The molecule has 0 amide bonds.